The summed E-state index contributed by atoms with van der Waals surface area (Å²) in [6.07, 6.45) is 6.76. The van der Waals surface area contributed by atoms with E-state index in [-0.39, 0.29) is 12.1 Å². The number of carbonyl (C=O) groups is 1. The van der Waals surface area contributed by atoms with E-state index in [1.54, 1.807) is 30.5 Å². The first kappa shape index (κ1) is 26.5. The van der Waals surface area contributed by atoms with Crippen LogP contribution in [0.1, 0.15) is 33.6 Å². The Kier molecular flexibility index (Phi) is 8.32. The van der Waals surface area contributed by atoms with E-state index in [2.05, 4.69) is 25.3 Å². The van der Waals surface area contributed by atoms with Gasteiger partial charge in [-0.15, -0.1) is 0 Å². The molecule has 0 radical (unpaired) electrons. The van der Waals surface area contributed by atoms with Gasteiger partial charge in [0.05, 0.1) is 19.3 Å². The third-order valence-corrected chi connectivity index (χ3v) is 6.17. The van der Waals surface area contributed by atoms with Crippen molar-refractivity contribution in [3.63, 3.8) is 0 Å². The van der Waals surface area contributed by atoms with Crippen LogP contribution in [0.15, 0.2) is 47.9 Å². The SMILES string of the molecule is COc1ccc(Oc2nc(-c3ccnc(SC)n3)ncc2NCC2CCCN2C(=O)OC(C)(C)C)cc1. The molecule has 1 unspecified atom stereocenters. The number of rotatable bonds is 8. The molecule has 0 saturated carbocycles. The number of carbonyl (C=O) groups excluding carboxylic acids is 1. The number of likely N-dealkylation sites (tertiary alicyclic amines) is 1. The zero-order valence-corrected chi connectivity index (χ0v) is 22.5. The van der Waals surface area contributed by atoms with Gasteiger partial charge in [0.15, 0.2) is 11.0 Å². The van der Waals surface area contributed by atoms with Crippen LogP contribution in [0.25, 0.3) is 11.5 Å². The van der Waals surface area contributed by atoms with E-state index >= 15 is 0 Å². The second-order valence-electron chi connectivity index (χ2n) is 9.47. The molecule has 1 aliphatic rings. The lowest BCUT2D eigenvalue weighted by Gasteiger charge is -2.29. The number of anilines is 1. The maximum Gasteiger partial charge on any atom is 0.410 e. The second kappa shape index (κ2) is 11.6. The first-order valence-electron chi connectivity index (χ1n) is 12.1. The summed E-state index contributed by atoms with van der Waals surface area (Å²) in [5, 5.41) is 4.01. The van der Waals surface area contributed by atoms with Crippen LogP contribution >= 0.6 is 11.8 Å². The molecule has 1 aliphatic heterocycles. The third kappa shape index (κ3) is 7.00. The van der Waals surface area contributed by atoms with Crippen molar-refractivity contribution in [2.75, 3.05) is 31.8 Å². The van der Waals surface area contributed by atoms with Gasteiger partial charge in [-0.3, -0.25) is 0 Å². The normalized spacial score (nSPS) is 15.4. The standard InChI is InChI=1S/C26H32N6O4S/c1-26(2,3)36-25(33)32-14-6-7-17(32)15-28-21-16-29-22(20-12-13-27-24(30-20)37-5)31-23(21)35-19-10-8-18(34-4)9-11-19/h8-13,16-17,28H,6-7,14-15H2,1-5H3. The predicted octanol–water partition coefficient (Wildman–Crippen LogP) is 5.27. The molecule has 3 aromatic rings. The molecule has 4 rings (SSSR count). The number of hydrogen-bond acceptors (Lipinski definition) is 10. The number of amides is 1. The van der Waals surface area contributed by atoms with Gasteiger partial charge in [0, 0.05) is 19.3 Å². The van der Waals surface area contributed by atoms with E-state index < -0.39 is 5.60 Å². The number of benzene rings is 1. The third-order valence-electron chi connectivity index (χ3n) is 5.61. The molecule has 37 heavy (non-hydrogen) atoms. The number of nitrogens with zero attached hydrogens (tertiary/aromatic N) is 5. The number of aromatic nitrogens is 4. The second-order valence-corrected chi connectivity index (χ2v) is 10.2. The van der Waals surface area contributed by atoms with Gasteiger partial charge in [0.25, 0.3) is 0 Å². The number of ether oxygens (including phenoxy) is 3. The largest absolute Gasteiger partial charge is 0.497 e. The van der Waals surface area contributed by atoms with E-state index in [1.807, 2.05) is 51.3 Å². The molecule has 1 fully saturated rings. The van der Waals surface area contributed by atoms with Crippen LogP contribution in [-0.2, 0) is 4.74 Å². The van der Waals surface area contributed by atoms with Gasteiger partial charge in [-0.2, -0.15) is 4.98 Å². The molecule has 1 atom stereocenters. The number of nitrogens with one attached hydrogen (secondary N) is 1. The van der Waals surface area contributed by atoms with Gasteiger partial charge in [-0.05, 0) is 70.2 Å². The summed E-state index contributed by atoms with van der Waals surface area (Å²) in [5.41, 5.74) is 0.657. The fourth-order valence-electron chi connectivity index (χ4n) is 3.84. The summed E-state index contributed by atoms with van der Waals surface area (Å²) >= 11 is 1.44. The zero-order chi connectivity index (χ0) is 26.4. The zero-order valence-electron chi connectivity index (χ0n) is 21.7. The molecule has 2 aromatic heterocycles. The number of thioether (sulfide) groups is 1. The molecule has 0 spiro atoms. The predicted molar refractivity (Wildman–Crippen MR) is 142 cm³/mol. The highest BCUT2D eigenvalue weighted by molar-refractivity contribution is 7.98. The highest BCUT2D eigenvalue weighted by atomic mass is 32.2. The van der Waals surface area contributed by atoms with Gasteiger partial charge in [-0.1, -0.05) is 11.8 Å². The Morgan fingerprint density at radius 1 is 1.14 bits per heavy atom. The minimum atomic E-state index is -0.544. The average molecular weight is 525 g/mol. The molecule has 196 valence electrons. The fourth-order valence-corrected chi connectivity index (χ4v) is 4.20. The van der Waals surface area contributed by atoms with E-state index in [4.69, 9.17) is 14.2 Å². The van der Waals surface area contributed by atoms with Gasteiger partial charge >= 0.3 is 6.09 Å². The minimum Gasteiger partial charge on any atom is -0.497 e. The van der Waals surface area contributed by atoms with E-state index in [0.29, 0.717) is 47.1 Å². The lowest BCUT2D eigenvalue weighted by molar-refractivity contribution is 0.0235. The van der Waals surface area contributed by atoms with Crippen molar-refractivity contribution in [3.05, 3.63) is 42.7 Å². The average Bonchev–Trinajstić information content (AvgIpc) is 3.36. The van der Waals surface area contributed by atoms with Crippen LogP contribution in [0.4, 0.5) is 10.5 Å². The Morgan fingerprint density at radius 2 is 1.89 bits per heavy atom. The molecule has 1 aromatic carbocycles. The van der Waals surface area contributed by atoms with Gasteiger partial charge in [0.1, 0.15) is 28.5 Å². The van der Waals surface area contributed by atoms with Crippen LogP contribution in [0.2, 0.25) is 0 Å². The molecule has 0 bridgehead atoms. The van der Waals surface area contributed by atoms with Gasteiger partial charge in [-0.25, -0.2) is 19.7 Å². The molecular weight excluding hydrogens is 492 g/mol. The van der Waals surface area contributed by atoms with Crippen molar-refractivity contribution >= 4 is 23.5 Å². The van der Waals surface area contributed by atoms with Crippen LogP contribution in [-0.4, -0.2) is 69.0 Å². The highest BCUT2D eigenvalue weighted by Gasteiger charge is 2.32. The molecule has 1 N–H and O–H groups in total. The summed E-state index contributed by atoms with van der Waals surface area (Å²) in [5.74, 6) is 2.09. The molecule has 11 heteroatoms. The lowest BCUT2D eigenvalue weighted by atomic mass is 10.2. The summed E-state index contributed by atoms with van der Waals surface area (Å²) in [4.78, 5) is 32.4. The number of hydrogen-bond donors (Lipinski definition) is 1. The number of methoxy groups -OCH3 is 1. The van der Waals surface area contributed by atoms with Crippen molar-refractivity contribution in [1.29, 1.82) is 0 Å². The highest BCUT2D eigenvalue weighted by Crippen LogP contribution is 2.31. The van der Waals surface area contributed by atoms with Crippen molar-refractivity contribution in [2.24, 2.45) is 0 Å². The summed E-state index contributed by atoms with van der Waals surface area (Å²) in [7, 11) is 1.61. The molecule has 1 amide bonds. The lowest BCUT2D eigenvalue weighted by Crippen LogP contribution is -2.42. The molecule has 3 heterocycles. The monoisotopic (exact) mass is 524 g/mol. The Morgan fingerprint density at radius 3 is 2.59 bits per heavy atom. The van der Waals surface area contributed by atoms with Crippen LogP contribution < -0.4 is 14.8 Å². The topological polar surface area (TPSA) is 112 Å². The smallest absolute Gasteiger partial charge is 0.410 e. The van der Waals surface area contributed by atoms with Gasteiger partial charge in [0.2, 0.25) is 5.88 Å². The molecule has 10 nitrogen and oxygen atoms in total. The van der Waals surface area contributed by atoms with Crippen LogP contribution in [0.5, 0.6) is 17.4 Å². The van der Waals surface area contributed by atoms with Crippen molar-refractivity contribution in [3.8, 4) is 28.9 Å². The summed E-state index contributed by atoms with van der Waals surface area (Å²) in [6, 6.07) is 8.99. The maximum atomic E-state index is 12.7. The fraction of sp³-hybridized carbons (Fsp3) is 0.423. The minimum absolute atomic E-state index is 0.0191. The van der Waals surface area contributed by atoms with E-state index in [0.717, 1.165) is 18.6 Å². The molecule has 0 aliphatic carbocycles. The van der Waals surface area contributed by atoms with Crippen molar-refractivity contribution < 1.29 is 19.0 Å². The first-order valence-corrected chi connectivity index (χ1v) is 13.3. The Balaban J connectivity index is 1.57. The van der Waals surface area contributed by atoms with Crippen LogP contribution in [0, 0.1) is 0 Å². The van der Waals surface area contributed by atoms with E-state index in [1.165, 1.54) is 11.8 Å². The summed E-state index contributed by atoms with van der Waals surface area (Å²) in [6.45, 7) is 6.78. The Labute approximate surface area is 221 Å². The first-order chi connectivity index (χ1) is 17.8. The van der Waals surface area contributed by atoms with Crippen LogP contribution in [0.3, 0.4) is 0 Å². The molecule has 1 saturated heterocycles. The molecular formula is C26H32N6O4S. The van der Waals surface area contributed by atoms with E-state index in [9.17, 15) is 4.79 Å². The quantitative estimate of drug-likeness (QED) is 0.309. The van der Waals surface area contributed by atoms with Crippen molar-refractivity contribution in [1.82, 2.24) is 24.8 Å². The summed E-state index contributed by atoms with van der Waals surface area (Å²) < 4.78 is 17.0. The Bertz CT molecular complexity index is 1220. The Hall–Kier alpha value is -3.60. The maximum absolute atomic E-state index is 12.7. The van der Waals surface area contributed by atoms with Gasteiger partial charge < -0.3 is 24.4 Å². The van der Waals surface area contributed by atoms with Crippen molar-refractivity contribution in [2.45, 2.75) is 50.4 Å².